The van der Waals surface area contributed by atoms with Crippen LogP contribution in [0.2, 0.25) is 0 Å². The van der Waals surface area contributed by atoms with Crippen molar-refractivity contribution in [3.05, 3.63) is 53.6 Å². The zero-order chi connectivity index (χ0) is 13.4. The van der Waals surface area contributed by atoms with Crippen molar-refractivity contribution in [3.63, 3.8) is 0 Å². The Bertz CT molecular complexity index is 516. The summed E-state index contributed by atoms with van der Waals surface area (Å²) in [5, 5.41) is 0. The van der Waals surface area contributed by atoms with Gasteiger partial charge in [-0.2, -0.15) is 0 Å². The maximum Gasteiger partial charge on any atom is 0.0922 e. The van der Waals surface area contributed by atoms with E-state index in [1.54, 1.807) is 6.33 Å². The molecule has 0 aliphatic heterocycles. The lowest BCUT2D eigenvalue weighted by atomic mass is 9.78. The average Bonchev–Trinajstić information content (AvgIpc) is 2.82. The summed E-state index contributed by atoms with van der Waals surface area (Å²) in [6.07, 6.45) is 3.65. The van der Waals surface area contributed by atoms with E-state index in [0.29, 0.717) is 0 Å². The summed E-state index contributed by atoms with van der Waals surface area (Å²) in [5.74, 6) is 0. The SMILES string of the molecule is CC(C)(C)c1cccc(C(C)(C)c2cnc[nH]2)c1. The lowest BCUT2D eigenvalue weighted by Crippen LogP contribution is -2.21. The van der Waals surface area contributed by atoms with Gasteiger partial charge in [-0.05, 0) is 16.5 Å². The Morgan fingerprint density at radius 1 is 1.00 bits per heavy atom. The molecule has 2 nitrogen and oxygen atoms in total. The first-order valence-corrected chi connectivity index (χ1v) is 6.42. The van der Waals surface area contributed by atoms with Gasteiger partial charge in [-0.3, -0.25) is 0 Å². The Labute approximate surface area is 109 Å². The van der Waals surface area contributed by atoms with Crippen LogP contribution >= 0.6 is 0 Å². The molecule has 1 aromatic carbocycles. The Kier molecular flexibility index (Phi) is 3.05. The number of benzene rings is 1. The molecule has 0 unspecified atom stereocenters. The topological polar surface area (TPSA) is 28.7 Å². The summed E-state index contributed by atoms with van der Waals surface area (Å²) >= 11 is 0. The first-order chi connectivity index (χ1) is 8.32. The smallest absolute Gasteiger partial charge is 0.0922 e. The van der Waals surface area contributed by atoms with E-state index in [2.05, 4.69) is 68.9 Å². The van der Waals surface area contributed by atoms with Crippen molar-refractivity contribution in [3.8, 4) is 0 Å². The highest BCUT2D eigenvalue weighted by Gasteiger charge is 2.26. The number of rotatable bonds is 2. The third-order valence-corrected chi connectivity index (χ3v) is 3.62. The number of nitrogens with zero attached hydrogens (tertiary/aromatic N) is 1. The molecule has 0 saturated carbocycles. The molecular formula is C16H22N2. The summed E-state index contributed by atoms with van der Waals surface area (Å²) in [6.45, 7) is 11.2. The van der Waals surface area contributed by atoms with E-state index in [1.165, 1.54) is 11.1 Å². The molecule has 2 aromatic rings. The highest BCUT2D eigenvalue weighted by Crippen LogP contribution is 2.32. The summed E-state index contributed by atoms with van der Waals surface area (Å²) in [7, 11) is 0. The van der Waals surface area contributed by atoms with Crippen molar-refractivity contribution < 1.29 is 0 Å². The second kappa shape index (κ2) is 4.27. The lowest BCUT2D eigenvalue weighted by molar-refractivity contribution is 0.579. The molecule has 0 amide bonds. The zero-order valence-electron chi connectivity index (χ0n) is 11.9. The van der Waals surface area contributed by atoms with Crippen LogP contribution in [0.4, 0.5) is 0 Å². The number of aromatic amines is 1. The quantitative estimate of drug-likeness (QED) is 0.846. The number of hydrogen-bond acceptors (Lipinski definition) is 1. The van der Waals surface area contributed by atoms with Crippen molar-refractivity contribution >= 4 is 0 Å². The Hall–Kier alpha value is -1.57. The summed E-state index contributed by atoms with van der Waals surface area (Å²) in [6, 6.07) is 8.84. The maximum atomic E-state index is 4.13. The molecule has 1 N–H and O–H groups in total. The molecule has 0 radical (unpaired) electrons. The van der Waals surface area contributed by atoms with E-state index in [1.807, 2.05) is 6.20 Å². The minimum Gasteiger partial charge on any atom is -0.348 e. The van der Waals surface area contributed by atoms with Gasteiger partial charge in [0.15, 0.2) is 0 Å². The summed E-state index contributed by atoms with van der Waals surface area (Å²) < 4.78 is 0. The van der Waals surface area contributed by atoms with Crippen molar-refractivity contribution in [2.24, 2.45) is 0 Å². The third kappa shape index (κ3) is 2.33. The van der Waals surface area contributed by atoms with Crippen LogP contribution in [0, 0.1) is 0 Å². The van der Waals surface area contributed by atoms with Crippen LogP contribution in [-0.4, -0.2) is 9.97 Å². The Morgan fingerprint density at radius 2 is 1.67 bits per heavy atom. The Balaban J connectivity index is 2.46. The zero-order valence-corrected chi connectivity index (χ0v) is 11.9. The molecular weight excluding hydrogens is 220 g/mol. The number of nitrogens with one attached hydrogen (secondary N) is 1. The predicted octanol–water partition coefficient (Wildman–Crippen LogP) is 4.03. The average molecular weight is 242 g/mol. The van der Waals surface area contributed by atoms with Crippen LogP contribution < -0.4 is 0 Å². The van der Waals surface area contributed by atoms with Gasteiger partial charge in [0.25, 0.3) is 0 Å². The molecule has 0 bridgehead atoms. The predicted molar refractivity (Wildman–Crippen MR) is 75.9 cm³/mol. The molecule has 1 aromatic heterocycles. The first-order valence-electron chi connectivity index (χ1n) is 6.42. The van der Waals surface area contributed by atoms with Crippen LogP contribution in [0.1, 0.15) is 51.4 Å². The van der Waals surface area contributed by atoms with Crippen molar-refractivity contribution in [1.82, 2.24) is 9.97 Å². The summed E-state index contributed by atoms with van der Waals surface area (Å²) in [5.41, 5.74) is 3.97. The second-order valence-electron chi connectivity index (χ2n) is 6.42. The lowest BCUT2D eigenvalue weighted by Gasteiger charge is -2.27. The number of H-pyrrole nitrogens is 1. The first kappa shape index (κ1) is 12.9. The monoisotopic (exact) mass is 242 g/mol. The van der Waals surface area contributed by atoms with E-state index in [0.717, 1.165) is 5.69 Å². The van der Waals surface area contributed by atoms with Crippen molar-refractivity contribution in [2.45, 2.75) is 45.4 Å². The number of aromatic nitrogens is 2. The van der Waals surface area contributed by atoms with Crippen LogP contribution in [-0.2, 0) is 10.8 Å². The molecule has 2 rings (SSSR count). The highest BCUT2D eigenvalue weighted by atomic mass is 14.9. The van der Waals surface area contributed by atoms with Crippen LogP contribution in [0.15, 0.2) is 36.8 Å². The molecule has 0 atom stereocenters. The standard InChI is InChI=1S/C16H22N2/c1-15(2,3)12-7-6-8-13(9-12)16(4,5)14-10-17-11-18-14/h6-11H,1-5H3,(H,17,18). The minimum atomic E-state index is -0.0439. The van der Waals surface area contributed by atoms with Crippen molar-refractivity contribution in [1.29, 1.82) is 0 Å². The fourth-order valence-electron chi connectivity index (χ4n) is 2.13. The van der Waals surface area contributed by atoms with Gasteiger partial charge >= 0.3 is 0 Å². The van der Waals surface area contributed by atoms with Crippen LogP contribution in [0.5, 0.6) is 0 Å². The molecule has 0 aliphatic rings. The minimum absolute atomic E-state index is 0.0439. The fourth-order valence-corrected chi connectivity index (χ4v) is 2.13. The van der Waals surface area contributed by atoms with Gasteiger partial charge in [0, 0.05) is 17.3 Å². The number of hydrogen-bond donors (Lipinski definition) is 1. The Morgan fingerprint density at radius 3 is 2.22 bits per heavy atom. The van der Waals surface area contributed by atoms with Crippen LogP contribution in [0.25, 0.3) is 0 Å². The normalized spacial score (nSPS) is 12.7. The second-order valence-corrected chi connectivity index (χ2v) is 6.42. The van der Waals surface area contributed by atoms with Gasteiger partial charge in [-0.25, -0.2) is 4.98 Å². The van der Waals surface area contributed by atoms with Crippen molar-refractivity contribution in [2.75, 3.05) is 0 Å². The van der Waals surface area contributed by atoms with E-state index < -0.39 is 0 Å². The van der Waals surface area contributed by atoms with Gasteiger partial charge < -0.3 is 4.98 Å². The van der Waals surface area contributed by atoms with Gasteiger partial charge in [0.05, 0.1) is 6.33 Å². The molecule has 0 spiro atoms. The molecule has 0 fully saturated rings. The van der Waals surface area contributed by atoms with E-state index in [9.17, 15) is 0 Å². The molecule has 1 heterocycles. The van der Waals surface area contributed by atoms with Gasteiger partial charge in [0.2, 0.25) is 0 Å². The third-order valence-electron chi connectivity index (χ3n) is 3.62. The molecule has 0 aliphatic carbocycles. The van der Waals surface area contributed by atoms with E-state index in [-0.39, 0.29) is 10.8 Å². The molecule has 18 heavy (non-hydrogen) atoms. The van der Waals surface area contributed by atoms with Gasteiger partial charge in [-0.1, -0.05) is 58.9 Å². The van der Waals surface area contributed by atoms with E-state index in [4.69, 9.17) is 0 Å². The van der Waals surface area contributed by atoms with Gasteiger partial charge in [-0.15, -0.1) is 0 Å². The van der Waals surface area contributed by atoms with Gasteiger partial charge in [0.1, 0.15) is 0 Å². The van der Waals surface area contributed by atoms with Crippen LogP contribution in [0.3, 0.4) is 0 Å². The number of imidazole rings is 1. The van der Waals surface area contributed by atoms with E-state index >= 15 is 0 Å². The maximum absolute atomic E-state index is 4.13. The molecule has 96 valence electrons. The molecule has 0 saturated heterocycles. The highest BCUT2D eigenvalue weighted by molar-refractivity contribution is 5.37. The summed E-state index contributed by atoms with van der Waals surface area (Å²) in [4.78, 5) is 7.35. The fraction of sp³-hybridized carbons (Fsp3) is 0.438. The molecule has 2 heteroatoms. The largest absolute Gasteiger partial charge is 0.348 e.